The lowest BCUT2D eigenvalue weighted by molar-refractivity contribution is -0.146. The van der Waals surface area contributed by atoms with Gasteiger partial charge in [-0.3, -0.25) is 4.79 Å². The van der Waals surface area contributed by atoms with Gasteiger partial charge < -0.3 is 10.1 Å². The number of carbonyl (C=O) groups is 1. The highest BCUT2D eigenvalue weighted by molar-refractivity contribution is 5.80. The molecule has 3 rings (SSSR count). The second-order valence-corrected chi connectivity index (χ2v) is 6.32. The highest BCUT2D eigenvalue weighted by atomic mass is 16.5. The van der Waals surface area contributed by atoms with Crippen LogP contribution >= 0.6 is 0 Å². The molecule has 0 amide bonds. The van der Waals surface area contributed by atoms with Crippen LogP contribution in [0.25, 0.3) is 10.9 Å². The third-order valence-electron chi connectivity index (χ3n) is 4.55. The molecule has 0 saturated carbocycles. The number of esters is 1. The van der Waals surface area contributed by atoms with Gasteiger partial charge in [0.25, 0.3) is 0 Å². The zero-order chi connectivity index (χ0) is 18.5. The lowest BCUT2D eigenvalue weighted by atomic mass is 9.94. The molecule has 0 spiro atoms. The van der Waals surface area contributed by atoms with Crippen LogP contribution in [0.4, 0.5) is 0 Å². The number of benzene rings is 2. The lowest BCUT2D eigenvalue weighted by Crippen LogP contribution is -2.32. The summed E-state index contributed by atoms with van der Waals surface area (Å²) < 4.78 is 4.93. The number of hydrogen-bond donors (Lipinski definition) is 1. The number of para-hydroxylation sites is 1. The van der Waals surface area contributed by atoms with Gasteiger partial charge in [-0.25, -0.2) is 9.97 Å². The van der Waals surface area contributed by atoms with Crippen LogP contribution in [0.3, 0.4) is 0 Å². The first-order valence-electron chi connectivity index (χ1n) is 8.68. The van der Waals surface area contributed by atoms with E-state index < -0.39 is 0 Å². The summed E-state index contributed by atoms with van der Waals surface area (Å²) in [5.41, 5.74) is 2.90. The minimum absolute atomic E-state index is 0.181. The van der Waals surface area contributed by atoms with E-state index in [1.54, 1.807) is 0 Å². The fraction of sp³-hybridized carbons (Fsp3) is 0.286. The number of fused-ring (bicyclic) bond motifs is 1. The number of hydrogen-bond acceptors (Lipinski definition) is 5. The number of ether oxygens (including phenoxy) is 1. The molecule has 1 N–H and O–H groups in total. The topological polar surface area (TPSA) is 64.1 Å². The van der Waals surface area contributed by atoms with Crippen molar-refractivity contribution in [3.63, 3.8) is 0 Å². The van der Waals surface area contributed by atoms with Crippen molar-refractivity contribution in [2.45, 2.75) is 26.4 Å². The van der Waals surface area contributed by atoms with Gasteiger partial charge in [0.05, 0.1) is 25.1 Å². The Morgan fingerprint density at radius 2 is 1.77 bits per heavy atom. The van der Waals surface area contributed by atoms with E-state index in [-0.39, 0.29) is 17.9 Å². The largest absolute Gasteiger partial charge is 0.469 e. The van der Waals surface area contributed by atoms with Crippen molar-refractivity contribution in [1.82, 2.24) is 15.3 Å². The summed E-state index contributed by atoms with van der Waals surface area (Å²) >= 11 is 0. The first kappa shape index (κ1) is 18.0. The van der Waals surface area contributed by atoms with Gasteiger partial charge in [0, 0.05) is 17.1 Å². The molecule has 0 aliphatic carbocycles. The number of aromatic nitrogens is 2. The van der Waals surface area contributed by atoms with E-state index in [1.165, 1.54) is 7.11 Å². The minimum Gasteiger partial charge on any atom is -0.469 e. The van der Waals surface area contributed by atoms with Crippen LogP contribution in [0.15, 0.2) is 54.6 Å². The van der Waals surface area contributed by atoms with Gasteiger partial charge in [-0.1, -0.05) is 55.5 Å². The van der Waals surface area contributed by atoms with Crippen LogP contribution < -0.4 is 5.32 Å². The van der Waals surface area contributed by atoms with E-state index in [2.05, 4.69) is 15.3 Å². The predicted octanol–water partition coefficient (Wildman–Crippen LogP) is 3.58. The molecule has 2 aromatic carbocycles. The Balaban J connectivity index is 1.85. The Labute approximate surface area is 153 Å². The van der Waals surface area contributed by atoms with Crippen LogP contribution in [-0.4, -0.2) is 23.0 Å². The summed E-state index contributed by atoms with van der Waals surface area (Å²) in [6, 6.07) is 17.7. The Kier molecular flexibility index (Phi) is 5.58. The second-order valence-electron chi connectivity index (χ2n) is 6.32. The van der Waals surface area contributed by atoms with Gasteiger partial charge in [0.1, 0.15) is 5.82 Å². The molecule has 1 heterocycles. The Hall–Kier alpha value is -2.79. The van der Waals surface area contributed by atoms with Crippen molar-refractivity contribution >= 4 is 16.9 Å². The number of aryl methyl sites for hydroxylation is 1. The maximum atomic E-state index is 12.1. The predicted molar refractivity (Wildman–Crippen MR) is 101 cm³/mol. The second kappa shape index (κ2) is 8.06. The fourth-order valence-corrected chi connectivity index (χ4v) is 3.14. The van der Waals surface area contributed by atoms with Crippen LogP contribution in [0.1, 0.15) is 30.0 Å². The Morgan fingerprint density at radius 3 is 2.50 bits per heavy atom. The molecule has 0 aliphatic rings. The minimum atomic E-state index is -0.330. The summed E-state index contributed by atoms with van der Waals surface area (Å²) in [4.78, 5) is 21.3. The first-order valence-corrected chi connectivity index (χ1v) is 8.68. The van der Waals surface area contributed by atoms with Crippen LogP contribution in [-0.2, 0) is 16.1 Å². The highest BCUT2D eigenvalue weighted by Crippen LogP contribution is 2.23. The number of carbonyl (C=O) groups excluding carboxylic acids is 1. The average molecular weight is 349 g/mol. The molecule has 0 radical (unpaired) electrons. The van der Waals surface area contributed by atoms with Crippen molar-refractivity contribution < 1.29 is 9.53 Å². The fourth-order valence-electron chi connectivity index (χ4n) is 3.14. The molecular formula is C21H23N3O2. The van der Waals surface area contributed by atoms with Crippen molar-refractivity contribution in [3.05, 3.63) is 71.7 Å². The van der Waals surface area contributed by atoms with Gasteiger partial charge in [0.2, 0.25) is 0 Å². The number of methoxy groups -OCH3 is 1. The van der Waals surface area contributed by atoms with Gasteiger partial charge >= 0.3 is 5.97 Å². The molecule has 1 aromatic heterocycles. The molecule has 3 aromatic rings. The summed E-state index contributed by atoms with van der Waals surface area (Å²) in [5, 5.41) is 4.49. The van der Waals surface area contributed by atoms with E-state index in [9.17, 15) is 4.79 Å². The lowest BCUT2D eigenvalue weighted by Gasteiger charge is -2.24. The van der Waals surface area contributed by atoms with E-state index in [4.69, 9.17) is 4.74 Å². The zero-order valence-electron chi connectivity index (χ0n) is 15.3. The van der Waals surface area contributed by atoms with Crippen LogP contribution in [0.5, 0.6) is 0 Å². The molecule has 0 fully saturated rings. The van der Waals surface area contributed by atoms with E-state index >= 15 is 0 Å². The summed E-state index contributed by atoms with van der Waals surface area (Å²) in [6.07, 6.45) is 0. The molecule has 0 unspecified atom stereocenters. The Morgan fingerprint density at radius 1 is 1.08 bits per heavy atom. The van der Waals surface area contributed by atoms with Crippen molar-refractivity contribution in [2.75, 3.05) is 7.11 Å². The summed E-state index contributed by atoms with van der Waals surface area (Å²) in [6.45, 7) is 4.31. The SMILES string of the molecule is COC(=O)[C@@H](C)[C@@H](NCc1nc(C)c2ccccc2n1)c1ccccc1. The number of nitrogens with zero attached hydrogens (tertiary/aromatic N) is 2. The van der Waals surface area contributed by atoms with Gasteiger partial charge in [-0.15, -0.1) is 0 Å². The maximum absolute atomic E-state index is 12.1. The van der Waals surface area contributed by atoms with Crippen molar-refractivity contribution in [1.29, 1.82) is 0 Å². The Bertz CT molecular complexity index is 896. The molecule has 5 nitrogen and oxygen atoms in total. The third-order valence-corrected chi connectivity index (χ3v) is 4.55. The smallest absolute Gasteiger partial charge is 0.310 e. The van der Waals surface area contributed by atoms with Crippen LogP contribution in [0, 0.1) is 12.8 Å². The summed E-state index contributed by atoms with van der Waals surface area (Å²) in [5.74, 6) is 0.130. The maximum Gasteiger partial charge on any atom is 0.310 e. The molecule has 2 atom stereocenters. The highest BCUT2D eigenvalue weighted by Gasteiger charge is 2.26. The number of rotatable bonds is 6. The zero-order valence-corrected chi connectivity index (χ0v) is 15.3. The third kappa shape index (κ3) is 3.89. The quantitative estimate of drug-likeness (QED) is 0.689. The monoisotopic (exact) mass is 349 g/mol. The van der Waals surface area contributed by atoms with Crippen molar-refractivity contribution in [2.24, 2.45) is 5.92 Å². The molecule has 134 valence electrons. The average Bonchev–Trinajstić information content (AvgIpc) is 2.68. The molecule has 26 heavy (non-hydrogen) atoms. The number of nitrogens with one attached hydrogen (secondary N) is 1. The molecular weight excluding hydrogens is 326 g/mol. The van der Waals surface area contributed by atoms with Gasteiger partial charge in [0.15, 0.2) is 0 Å². The molecule has 0 saturated heterocycles. The van der Waals surface area contributed by atoms with Crippen molar-refractivity contribution in [3.8, 4) is 0 Å². The van der Waals surface area contributed by atoms with Gasteiger partial charge in [-0.2, -0.15) is 0 Å². The standard InChI is InChI=1S/C21H23N3O2/c1-14(21(25)26-3)20(16-9-5-4-6-10-16)22-13-19-23-15(2)17-11-7-8-12-18(17)24-19/h4-12,14,20,22H,13H2,1-3H3/t14-,20+/m0/s1. The first-order chi connectivity index (χ1) is 12.6. The molecule has 0 bridgehead atoms. The normalized spacial score (nSPS) is 13.3. The van der Waals surface area contributed by atoms with E-state index in [1.807, 2.05) is 68.4 Å². The van der Waals surface area contributed by atoms with E-state index in [0.29, 0.717) is 12.4 Å². The molecule has 0 aliphatic heterocycles. The van der Waals surface area contributed by atoms with Gasteiger partial charge in [-0.05, 0) is 18.6 Å². The van der Waals surface area contributed by atoms with Crippen LogP contribution in [0.2, 0.25) is 0 Å². The summed E-state index contributed by atoms with van der Waals surface area (Å²) in [7, 11) is 1.41. The van der Waals surface area contributed by atoms with E-state index in [0.717, 1.165) is 22.2 Å². The molecule has 5 heteroatoms.